The molecule has 0 spiro atoms. The van der Waals surface area contributed by atoms with Gasteiger partial charge in [0.25, 0.3) is 0 Å². The predicted molar refractivity (Wildman–Crippen MR) is 125 cm³/mol. The van der Waals surface area contributed by atoms with Gasteiger partial charge >= 0.3 is 0 Å². The van der Waals surface area contributed by atoms with Crippen molar-refractivity contribution in [2.24, 2.45) is 0 Å². The molecule has 1 aliphatic carbocycles. The van der Waals surface area contributed by atoms with Gasteiger partial charge in [0.15, 0.2) is 0 Å². The van der Waals surface area contributed by atoms with Gasteiger partial charge in [0.1, 0.15) is 0 Å². The largest absolute Gasteiger partial charge is 0.0655 e. The zero-order valence-corrected chi connectivity index (χ0v) is 17.6. The summed E-state index contributed by atoms with van der Waals surface area (Å²) in [6.07, 6.45) is 9.00. The third-order valence-corrected chi connectivity index (χ3v) is 5.84. The number of rotatable bonds is 7. The molecule has 3 aromatic carbocycles. The number of hydrogen-bond donors (Lipinski definition) is 0. The molecular weight excluding hydrogens is 348 g/mol. The topological polar surface area (TPSA) is 0 Å². The van der Waals surface area contributed by atoms with E-state index in [9.17, 15) is 0 Å². The first kappa shape index (κ1) is 19.5. The second-order valence-electron chi connectivity index (χ2n) is 8.46. The Balaban J connectivity index is 1.39. The summed E-state index contributed by atoms with van der Waals surface area (Å²) in [5, 5.41) is 0. The molecule has 0 N–H and O–H groups in total. The first-order valence-electron chi connectivity index (χ1n) is 10.8. The molecule has 146 valence electrons. The fraction of sp³-hybridized carbons (Fsp3) is 0.241. The Morgan fingerprint density at radius 2 is 1.41 bits per heavy atom. The Labute approximate surface area is 175 Å². The van der Waals surface area contributed by atoms with E-state index in [4.69, 9.17) is 0 Å². The average Bonchev–Trinajstić information content (AvgIpc) is 3.23. The zero-order valence-electron chi connectivity index (χ0n) is 17.6. The van der Waals surface area contributed by atoms with Crippen molar-refractivity contribution in [2.75, 3.05) is 0 Å². The zero-order chi connectivity index (χ0) is 20.1. The molecule has 0 atom stereocenters. The van der Waals surface area contributed by atoms with Crippen LogP contribution in [0.4, 0.5) is 0 Å². The maximum atomic E-state index is 2.38. The maximum Gasteiger partial charge on any atom is -0.00255 e. The minimum atomic E-state index is 0.574. The van der Waals surface area contributed by atoms with Crippen LogP contribution in [0.3, 0.4) is 0 Å². The lowest BCUT2D eigenvalue weighted by molar-refractivity contribution is 0.863. The Morgan fingerprint density at radius 1 is 0.690 bits per heavy atom. The molecule has 0 saturated heterocycles. The summed E-state index contributed by atoms with van der Waals surface area (Å²) >= 11 is 0. The van der Waals surface area contributed by atoms with Gasteiger partial charge in [0, 0.05) is 0 Å². The number of aryl methyl sites for hydroxylation is 1. The van der Waals surface area contributed by atoms with Crippen molar-refractivity contribution in [3.8, 4) is 0 Å². The Morgan fingerprint density at radius 3 is 2.21 bits per heavy atom. The first-order valence-corrected chi connectivity index (χ1v) is 10.8. The minimum absolute atomic E-state index is 0.574. The van der Waals surface area contributed by atoms with Crippen LogP contribution in [0.25, 0.3) is 5.57 Å². The molecule has 4 rings (SSSR count). The second-order valence-corrected chi connectivity index (χ2v) is 8.46. The molecule has 0 nitrogen and oxygen atoms in total. The molecule has 1 aliphatic rings. The van der Waals surface area contributed by atoms with E-state index in [-0.39, 0.29) is 0 Å². The highest BCUT2D eigenvalue weighted by Crippen LogP contribution is 2.31. The SMILES string of the molecule is CC(C)c1cccc(Cc2cccc(C3=CC=C(CCc4ccccc4)C3)c2)c1. The summed E-state index contributed by atoms with van der Waals surface area (Å²) in [7, 11) is 0. The van der Waals surface area contributed by atoms with E-state index in [0.29, 0.717) is 5.92 Å². The lowest BCUT2D eigenvalue weighted by Crippen LogP contribution is -1.94. The average molecular weight is 379 g/mol. The van der Waals surface area contributed by atoms with Crippen LogP contribution in [0.15, 0.2) is 96.6 Å². The molecule has 0 bridgehead atoms. The lowest BCUT2D eigenvalue weighted by Gasteiger charge is -2.10. The quantitative estimate of drug-likeness (QED) is 0.394. The molecule has 0 aromatic heterocycles. The van der Waals surface area contributed by atoms with E-state index in [1.165, 1.54) is 33.4 Å². The normalized spacial score (nSPS) is 13.5. The second kappa shape index (κ2) is 9.09. The Kier molecular flexibility index (Phi) is 6.10. The lowest BCUT2D eigenvalue weighted by atomic mass is 9.95. The number of allylic oxidation sites excluding steroid dienone is 4. The highest BCUT2D eigenvalue weighted by molar-refractivity contribution is 5.72. The molecule has 0 saturated carbocycles. The first-order chi connectivity index (χ1) is 14.2. The van der Waals surface area contributed by atoms with Crippen LogP contribution in [0, 0.1) is 0 Å². The Hall–Kier alpha value is -2.86. The standard InChI is InChI=1S/C29H30/c1-22(2)27-12-6-10-25(20-27)18-26-11-7-13-28(21-26)29-17-16-24(19-29)15-14-23-8-4-3-5-9-23/h3-13,16-17,20-22H,14-15,18-19H2,1-2H3. The van der Waals surface area contributed by atoms with Crippen LogP contribution in [0.5, 0.6) is 0 Å². The van der Waals surface area contributed by atoms with Crippen LogP contribution in [0.2, 0.25) is 0 Å². The van der Waals surface area contributed by atoms with Gasteiger partial charge in [0.05, 0.1) is 0 Å². The van der Waals surface area contributed by atoms with Crippen molar-refractivity contribution in [3.05, 3.63) is 124 Å². The summed E-state index contributed by atoms with van der Waals surface area (Å²) in [5.41, 5.74) is 9.99. The van der Waals surface area contributed by atoms with Gasteiger partial charge in [-0.05, 0) is 65.0 Å². The van der Waals surface area contributed by atoms with E-state index in [1.807, 2.05) is 0 Å². The molecule has 0 aliphatic heterocycles. The highest BCUT2D eigenvalue weighted by atomic mass is 14.2. The molecule has 0 unspecified atom stereocenters. The Bertz CT molecular complexity index is 1020. The van der Waals surface area contributed by atoms with Crippen LogP contribution >= 0.6 is 0 Å². The van der Waals surface area contributed by atoms with Crippen molar-refractivity contribution in [2.45, 2.75) is 45.4 Å². The molecule has 0 heteroatoms. The van der Waals surface area contributed by atoms with Crippen LogP contribution < -0.4 is 0 Å². The summed E-state index contributed by atoms with van der Waals surface area (Å²) in [5.74, 6) is 0.574. The van der Waals surface area contributed by atoms with E-state index in [2.05, 4.69) is 105 Å². The molecule has 29 heavy (non-hydrogen) atoms. The number of benzene rings is 3. The van der Waals surface area contributed by atoms with E-state index >= 15 is 0 Å². The predicted octanol–water partition coefficient (Wildman–Crippen LogP) is 7.75. The van der Waals surface area contributed by atoms with Crippen molar-refractivity contribution in [1.82, 2.24) is 0 Å². The van der Waals surface area contributed by atoms with Gasteiger partial charge in [-0.3, -0.25) is 0 Å². The minimum Gasteiger partial charge on any atom is -0.0655 e. The molecule has 3 aromatic rings. The summed E-state index contributed by atoms with van der Waals surface area (Å²) < 4.78 is 0. The summed E-state index contributed by atoms with van der Waals surface area (Å²) in [6, 6.07) is 28.9. The van der Waals surface area contributed by atoms with Crippen molar-refractivity contribution in [3.63, 3.8) is 0 Å². The van der Waals surface area contributed by atoms with Gasteiger partial charge in [0.2, 0.25) is 0 Å². The molecule has 0 amide bonds. The summed E-state index contributed by atoms with van der Waals surface area (Å²) in [6.45, 7) is 4.52. The fourth-order valence-corrected chi connectivity index (χ4v) is 4.08. The van der Waals surface area contributed by atoms with Gasteiger partial charge in [-0.1, -0.05) is 110 Å². The smallest absolute Gasteiger partial charge is 0.00255 e. The summed E-state index contributed by atoms with van der Waals surface area (Å²) in [4.78, 5) is 0. The van der Waals surface area contributed by atoms with Crippen molar-refractivity contribution in [1.29, 1.82) is 0 Å². The van der Waals surface area contributed by atoms with Crippen molar-refractivity contribution >= 4 is 5.57 Å². The maximum absolute atomic E-state index is 2.38. The molecule has 0 radical (unpaired) electrons. The van der Waals surface area contributed by atoms with E-state index < -0.39 is 0 Å². The monoisotopic (exact) mass is 378 g/mol. The van der Waals surface area contributed by atoms with Gasteiger partial charge in [-0.2, -0.15) is 0 Å². The van der Waals surface area contributed by atoms with E-state index in [0.717, 1.165) is 25.7 Å². The van der Waals surface area contributed by atoms with Crippen LogP contribution in [-0.4, -0.2) is 0 Å². The molecule has 0 fully saturated rings. The third kappa shape index (κ3) is 5.15. The van der Waals surface area contributed by atoms with Crippen LogP contribution in [0.1, 0.15) is 60.4 Å². The number of hydrogen-bond acceptors (Lipinski definition) is 0. The van der Waals surface area contributed by atoms with Gasteiger partial charge < -0.3 is 0 Å². The fourth-order valence-electron chi connectivity index (χ4n) is 4.08. The molecule has 0 heterocycles. The molecular formula is C29H30. The van der Waals surface area contributed by atoms with Gasteiger partial charge in [-0.25, -0.2) is 0 Å². The third-order valence-electron chi connectivity index (χ3n) is 5.84. The van der Waals surface area contributed by atoms with Crippen molar-refractivity contribution < 1.29 is 0 Å². The van der Waals surface area contributed by atoms with Crippen LogP contribution in [-0.2, 0) is 12.8 Å². The highest BCUT2D eigenvalue weighted by Gasteiger charge is 2.11. The van der Waals surface area contributed by atoms with E-state index in [1.54, 1.807) is 5.57 Å². The van der Waals surface area contributed by atoms with Gasteiger partial charge in [-0.15, -0.1) is 0 Å².